The van der Waals surface area contributed by atoms with E-state index in [0.717, 1.165) is 5.92 Å². The van der Waals surface area contributed by atoms with Crippen molar-refractivity contribution in [3.63, 3.8) is 0 Å². The normalized spacial score (nSPS) is 22.4. The summed E-state index contributed by atoms with van der Waals surface area (Å²) in [5.74, 6) is 0.956. The van der Waals surface area contributed by atoms with Crippen LogP contribution in [0.2, 0.25) is 0 Å². The van der Waals surface area contributed by atoms with Crippen molar-refractivity contribution in [3.05, 3.63) is 11.6 Å². The molecular weight excluding hydrogens is 240 g/mol. The monoisotopic (exact) mass is 278 g/mol. The third-order valence-corrected chi connectivity index (χ3v) is 5.26. The van der Waals surface area contributed by atoms with E-state index in [4.69, 9.17) is 0 Å². The van der Waals surface area contributed by atoms with Crippen molar-refractivity contribution < 1.29 is 0 Å². The number of unbranched alkanes of at least 4 members (excludes halogenated alkanes) is 5. The molecule has 1 fully saturated rings. The van der Waals surface area contributed by atoms with Crippen LogP contribution in [0.25, 0.3) is 0 Å². The Morgan fingerprint density at radius 2 is 1.35 bits per heavy atom. The molecule has 0 aromatic carbocycles. The molecule has 0 aromatic heterocycles. The summed E-state index contributed by atoms with van der Waals surface area (Å²) in [6.45, 7) is 9.33. The van der Waals surface area contributed by atoms with Crippen molar-refractivity contribution in [1.29, 1.82) is 0 Å². The third-order valence-electron chi connectivity index (χ3n) is 5.26. The molecule has 0 amide bonds. The first kappa shape index (κ1) is 17.8. The summed E-state index contributed by atoms with van der Waals surface area (Å²) in [6, 6.07) is 0. The first-order valence-electron chi connectivity index (χ1n) is 9.47. The summed E-state index contributed by atoms with van der Waals surface area (Å²) in [5.41, 5.74) is 2.52. The van der Waals surface area contributed by atoms with E-state index in [0.29, 0.717) is 5.41 Å². The molecule has 1 unspecified atom stereocenters. The summed E-state index contributed by atoms with van der Waals surface area (Å²) in [6.07, 6.45) is 19.4. The van der Waals surface area contributed by atoms with Gasteiger partial charge in [-0.25, -0.2) is 0 Å². The standard InChI is InChI=1S/C20H38/c1-5-9-13-15-19-18(14-10-6-2)20(19,16-11-7-3)17-12-8-4/h15,18H,5-14,16-17H2,1-4H3. The zero-order valence-corrected chi connectivity index (χ0v) is 14.6. The first-order valence-corrected chi connectivity index (χ1v) is 9.47. The Labute approximate surface area is 128 Å². The number of hydrogen-bond donors (Lipinski definition) is 0. The molecule has 0 bridgehead atoms. The van der Waals surface area contributed by atoms with E-state index in [1.54, 1.807) is 0 Å². The van der Waals surface area contributed by atoms with Gasteiger partial charge < -0.3 is 0 Å². The Balaban J connectivity index is 2.70. The molecule has 118 valence electrons. The maximum Gasteiger partial charge on any atom is -0.00194 e. The summed E-state index contributed by atoms with van der Waals surface area (Å²) in [7, 11) is 0. The second-order valence-electron chi connectivity index (χ2n) is 6.86. The molecular formula is C20H38. The van der Waals surface area contributed by atoms with Crippen LogP contribution in [0.1, 0.15) is 105 Å². The van der Waals surface area contributed by atoms with Crippen molar-refractivity contribution in [2.45, 2.75) is 105 Å². The average molecular weight is 279 g/mol. The minimum Gasteiger partial charge on any atom is -0.0844 e. The maximum atomic E-state index is 2.65. The zero-order valence-electron chi connectivity index (χ0n) is 14.6. The van der Waals surface area contributed by atoms with Gasteiger partial charge in [-0.1, -0.05) is 90.7 Å². The Kier molecular flexibility index (Phi) is 8.57. The number of rotatable bonds is 12. The van der Waals surface area contributed by atoms with Crippen LogP contribution in [0.15, 0.2) is 11.6 Å². The number of allylic oxidation sites excluding steroid dienone is 2. The van der Waals surface area contributed by atoms with Crippen molar-refractivity contribution in [2.75, 3.05) is 0 Å². The molecule has 1 rings (SSSR count). The first-order chi connectivity index (χ1) is 9.76. The van der Waals surface area contributed by atoms with Gasteiger partial charge in [0, 0.05) is 0 Å². The number of hydrogen-bond acceptors (Lipinski definition) is 0. The predicted octanol–water partition coefficient (Wildman–Crippen LogP) is 7.29. The third kappa shape index (κ3) is 4.64. The van der Waals surface area contributed by atoms with E-state index in [-0.39, 0.29) is 0 Å². The van der Waals surface area contributed by atoms with Gasteiger partial charge in [-0.15, -0.1) is 0 Å². The summed E-state index contributed by atoms with van der Waals surface area (Å²) in [5, 5.41) is 0. The van der Waals surface area contributed by atoms with E-state index >= 15 is 0 Å². The molecule has 0 saturated heterocycles. The highest BCUT2D eigenvalue weighted by molar-refractivity contribution is 5.38. The Hall–Kier alpha value is -0.260. The summed E-state index contributed by atoms with van der Waals surface area (Å²) < 4.78 is 0. The molecule has 0 nitrogen and oxygen atoms in total. The van der Waals surface area contributed by atoms with Crippen LogP contribution in [-0.2, 0) is 0 Å². The fourth-order valence-corrected chi connectivity index (χ4v) is 3.92. The maximum absolute atomic E-state index is 2.65. The molecule has 1 saturated carbocycles. The highest BCUT2D eigenvalue weighted by Gasteiger charge is 2.56. The van der Waals surface area contributed by atoms with Gasteiger partial charge in [0.1, 0.15) is 0 Å². The largest absolute Gasteiger partial charge is 0.0844 e. The highest BCUT2D eigenvalue weighted by Crippen LogP contribution is 2.66. The average Bonchev–Trinajstić information content (AvgIpc) is 3.07. The second kappa shape index (κ2) is 9.64. The lowest BCUT2D eigenvalue weighted by Crippen LogP contribution is -2.05. The van der Waals surface area contributed by atoms with Gasteiger partial charge in [0.2, 0.25) is 0 Å². The smallest absolute Gasteiger partial charge is 0.00194 e. The van der Waals surface area contributed by atoms with Crippen LogP contribution in [0.5, 0.6) is 0 Å². The molecule has 1 atom stereocenters. The van der Waals surface area contributed by atoms with E-state index in [1.165, 1.54) is 77.0 Å². The fraction of sp³-hybridized carbons (Fsp3) is 0.900. The van der Waals surface area contributed by atoms with Crippen LogP contribution < -0.4 is 0 Å². The Morgan fingerprint density at radius 1 is 0.800 bits per heavy atom. The Morgan fingerprint density at radius 3 is 1.85 bits per heavy atom. The quantitative estimate of drug-likeness (QED) is 0.260. The minimum absolute atomic E-state index is 0.648. The van der Waals surface area contributed by atoms with Crippen molar-refractivity contribution in [1.82, 2.24) is 0 Å². The molecule has 0 N–H and O–H groups in total. The van der Waals surface area contributed by atoms with Crippen LogP contribution in [0.3, 0.4) is 0 Å². The van der Waals surface area contributed by atoms with E-state index in [1.807, 2.05) is 5.57 Å². The van der Waals surface area contributed by atoms with E-state index in [2.05, 4.69) is 33.8 Å². The van der Waals surface area contributed by atoms with Crippen LogP contribution >= 0.6 is 0 Å². The molecule has 0 aliphatic heterocycles. The summed E-state index contributed by atoms with van der Waals surface area (Å²) in [4.78, 5) is 0. The zero-order chi connectivity index (χ0) is 14.8. The van der Waals surface area contributed by atoms with Gasteiger partial charge >= 0.3 is 0 Å². The Bertz CT molecular complexity index is 266. The fourth-order valence-electron chi connectivity index (χ4n) is 3.92. The van der Waals surface area contributed by atoms with Crippen molar-refractivity contribution in [3.8, 4) is 0 Å². The SMILES string of the molecule is CCCCC=C1C(CCCC)C1(CCCC)CCCC. The summed E-state index contributed by atoms with van der Waals surface area (Å²) >= 11 is 0. The molecule has 1 aliphatic carbocycles. The van der Waals surface area contributed by atoms with Gasteiger partial charge in [0.25, 0.3) is 0 Å². The van der Waals surface area contributed by atoms with Crippen LogP contribution in [-0.4, -0.2) is 0 Å². The van der Waals surface area contributed by atoms with E-state index < -0.39 is 0 Å². The minimum atomic E-state index is 0.648. The molecule has 1 aliphatic rings. The predicted molar refractivity (Wildman–Crippen MR) is 92.1 cm³/mol. The van der Waals surface area contributed by atoms with Crippen molar-refractivity contribution >= 4 is 0 Å². The lowest BCUT2D eigenvalue weighted by Gasteiger charge is -2.16. The lowest BCUT2D eigenvalue weighted by atomic mass is 9.88. The molecule has 0 radical (unpaired) electrons. The van der Waals surface area contributed by atoms with Gasteiger partial charge in [-0.3, -0.25) is 0 Å². The van der Waals surface area contributed by atoms with Crippen LogP contribution in [0, 0.1) is 11.3 Å². The van der Waals surface area contributed by atoms with E-state index in [9.17, 15) is 0 Å². The van der Waals surface area contributed by atoms with Crippen molar-refractivity contribution in [2.24, 2.45) is 11.3 Å². The molecule has 0 aromatic rings. The van der Waals surface area contributed by atoms with Gasteiger partial charge in [0.15, 0.2) is 0 Å². The highest BCUT2D eigenvalue weighted by atomic mass is 14.6. The topological polar surface area (TPSA) is 0 Å². The molecule has 0 spiro atoms. The van der Waals surface area contributed by atoms with Gasteiger partial charge in [-0.2, -0.15) is 0 Å². The van der Waals surface area contributed by atoms with Gasteiger partial charge in [-0.05, 0) is 37.0 Å². The molecule has 0 heterocycles. The second-order valence-corrected chi connectivity index (χ2v) is 6.86. The van der Waals surface area contributed by atoms with Gasteiger partial charge in [0.05, 0.1) is 0 Å². The lowest BCUT2D eigenvalue weighted by molar-refractivity contribution is 0.357. The van der Waals surface area contributed by atoms with Crippen LogP contribution in [0.4, 0.5) is 0 Å². The molecule has 0 heteroatoms. The molecule has 20 heavy (non-hydrogen) atoms.